The molecule has 2 N–H and O–H groups in total. The van der Waals surface area contributed by atoms with E-state index >= 15 is 0 Å². The van der Waals surface area contributed by atoms with E-state index in [2.05, 4.69) is 6.07 Å². The highest BCUT2D eigenvalue weighted by Crippen LogP contribution is 2.47. The van der Waals surface area contributed by atoms with Crippen molar-refractivity contribution in [3.8, 4) is 6.07 Å². The van der Waals surface area contributed by atoms with Gasteiger partial charge in [0.2, 0.25) is 0 Å². The first-order valence-electron chi connectivity index (χ1n) is 4.66. The van der Waals surface area contributed by atoms with Crippen molar-refractivity contribution in [3.05, 3.63) is 28.8 Å². The summed E-state index contributed by atoms with van der Waals surface area (Å²) < 4.78 is 0. The molecular formula is C10H9BClNO2. The Hall–Kier alpha value is -1.02. The van der Waals surface area contributed by atoms with Gasteiger partial charge >= 0.3 is 7.12 Å². The molecule has 1 saturated carbocycles. The highest BCUT2D eigenvalue weighted by molar-refractivity contribution is 6.62. The lowest BCUT2D eigenvalue weighted by molar-refractivity contribution is 0.426. The Bertz CT molecular complexity index is 438. The summed E-state index contributed by atoms with van der Waals surface area (Å²) in [6.07, 6.45) is 1.70. The van der Waals surface area contributed by atoms with Gasteiger partial charge in [0.15, 0.2) is 0 Å². The maximum atomic E-state index is 8.99. The molecule has 0 bridgehead atoms. The van der Waals surface area contributed by atoms with Crippen LogP contribution in [0.15, 0.2) is 18.2 Å². The molecule has 0 radical (unpaired) electrons. The second kappa shape index (κ2) is 3.53. The van der Waals surface area contributed by atoms with Crippen molar-refractivity contribution in [2.75, 3.05) is 0 Å². The van der Waals surface area contributed by atoms with E-state index in [4.69, 9.17) is 26.9 Å². The molecule has 1 aromatic rings. The minimum absolute atomic E-state index is 0.272. The SMILES string of the molecule is N#CC1(c2ccc(B(O)O)c(Cl)c2)CC1. The standard InChI is InChI=1S/C10H9BClNO2/c12-9-5-7(10(6-13)3-4-10)1-2-8(9)11(14)15/h1-2,5,14-15H,3-4H2. The van der Waals surface area contributed by atoms with Crippen LogP contribution in [0.2, 0.25) is 5.02 Å². The second-order valence-corrected chi connectivity index (χ2v) is 4.21. The van der Waals surface area contributed by atoms with Gasteiger partial charge in [-0.1, -0.05) is 23.7 Å². The highest BCUT2D eigenvalue weighted by Gasteiger charge is 2.45. The zero-order chi connectivity index (χ0) is 11.1. The lowest BCUT2D eigenvalue weighted by Crippen LogP contribution is -2.31. The summed E-state index contributed by atoms with van der Waals surface area (Å²) in [5.41, 5.74) is 0.747. The molecule has 0 heterocycles. The summed E-state index contributed by atoms with van der Waals surface area (Å²) in [6, 6.07) is 7.19. The zero-order valence-electron chi connectivity index (χ0n) is 7.94. The highest BCUT2D eigenvalue weighted by atomic mass is 35.5. The summed E-state index contributed by atoms with van der Waals surface area (Å²) >= 11 is 5.89. The van der Waals surface area contributed by atoms with Crippen LogP contribution in [0, 0.1) is 11.3 Å². The Balaban J connectivity index is 2.39. The van der Waals surface area contributed by atoms with Gasteiger partial charge < -0.3 is 10.0 Å². The molecule has 1 aliphatic rings. The Morgan fingerprint density at radius 3 is 2.47 bits per heavy atom. The van der Waals surface area contributed by atoms with Crippen molar-refractivity contribution in [2.24, 2.45) is 0 Å². The van der Waals surface area contributed by atoms with Crippen LogP contribution in [0.4, 0.5) is 0 Å². The number of halogens is 1. The third kappa shape index (κ3) is 1.74. The third-order valence-electron chi connectivity index (χ3n) is 2.80. The van der Waals surface area contributed by atoms with Crippen LogP contribution in [0.1, 0.15) is 18.4 Å². The van der Waals surface area contributed by atoms with Gasteiger partial charge in [-0.3, -0.25) is 0 Å². The Morgan fingerprint density at radius 1 is 1.40 bits per heavy atom. The average molecular weight is 221 g/mol. The number of hydrogen-bond acceptors (Lipinski definition) is 3. The van der Waals surface area contributed by atoms with Crippen LogP contribution in [-0.2, 0) is 5.41 Å². The molecular weight excluding hydrogens is 212 g/mol. The fourth-order valence-corrected chi connectivity index (χ4v) is 1.90. The van der Waals surface area contributed by atoms with Crippen molar-refractivity contribution in [1.82, 2.24) is 0 Å². The van der Waals surface area contributed by atoms with Gasteiger partial charge in [0.05, 0.1) is 11.5 Å². The molecule has 2 rings (SSSR count). The van der Waals surface area contributed by atoms with Crippen LogP contribution < -0.4 is 5.46 Å². The maximum absolute atomic E-state index is 8.99. The van der Waals surface area contributed by atoms with Gasteiger partial charge in [-0.15, -0.1) is 0 Å². The normalized spacial score (nSPS) is 16.9. The summed E-state index contributed by atoms with van der Waals surface area (Å²) in [5, 5.41) is 27.2. The second-order valence-electron chi connectivity index (χ2n) is 3.80. The van der Waals surface area contributed by atoms with E-state index < -0.39 is 7.12 Å². The first-order chi connectivity index (χ1) is 7.09. The lowest BCUT2D eigenvalue weighted by atomic mass is 9.79. The molecule has 3 nitrogen and oxygen atoms in total. The van der Waals surface area contributed by atoms with E-state index in [-0.39, 0.29) is 10.9 Å². The molecule has 0 aliphatic heterocycles. The van der Waals surface area contributed by atoms with Crippen LogP contribution in [0.25, 0.3) is 0 Å². The van der Waals surface area contributed by atoms with Crippen molar-refractivity contribution in [2.45, 2.75) is 18.3 Å². The smallest absolute Gasteiger partial charge is 0.423 e. The van der Waals surface area contributed by atoms with E-state index in [9.17, 15) is 0 Å². The van der Waals surface area contributed by atoms with Gasteiger partial charge in [-0.25, -0.2) is 0 Å². The van der Waals surface area contributed by atoms with Crippen molar-refractivity contribution >= 4 is 24.2 Å². The number of hydrogen-bond donors (Lipinski definition) is 2. The molecule has 0 amide bonds. The molecule has 76 valence electrons. The molecule has 0 aromatic heterocycles. The molecule has 1 fully saturated rings. The summed E-state index contributed by atoms with van der Waals surface area (Å²) in [4.78, 5) is 0. The Kier molecular flexibility index (Phi) is 2.47. The van der Waals surface area contributed by atoms with Gasteiger partial charge in [0.25, 0.3) is 0 Å². The van der Waals surface area contributed by atoms with Crippen molar-refractivity contribution < 1.29 is 10.0 Å². The number of nitrogens with zero attached hydrogens (tertiary/aromatic N) is 1. The largest absolute Gasteiger partial charge is 0.489 e. The molecule has 0 atom stereocenters. The summed E-state index contributed by atoms with van der Waals surface area (Å²) in [6.45, 7) is 0. The molecule has 0 spiro atoms. The van der Waals surface area contributed by atoms with E-state index in [1.807, 2.05) is 0 Å². The van der Waals surface area contributed by atoms with E-state index in [1.54, 1.807) is 18.2 Å². The predicted octanol–water partition coefficient (Wildman–Crippen LogP) is 0.575. The average Bonchev–Trinajstić information content (AvgIpc) is 2.97. The fraction of sp³-hybridized carbons (Fsp3) is 0.300. The first kappa shape index (κ1) is 10.5. The quantitative estimate of drug-likeness (QED) is 0.718. The molecule has 0 unspecified atom stereocenters. The molecule has 5 heteroatoms. The lowest BCUT2D eigenvalue weighted by Gasteiger charge is -2.09. The minimum atomic E-state index is -1.57. The Morgan fingerprint density at radius 2 is 2.07 bits per heavy atom. The van der Waals surface area contributed by atoms with Gasteiger partial charge in [0.1, 0.15) is 0 Å². The predicted molar refractivity (Wildman–Crippen MR) is 57.8 cm³/mol. The van der Waals surface area contributed by atoms with Crippen LogP contribution >= 0.6 is 11.6 Å². The van der Waals surface area contributed by atoms with E-state index in [0.29, 0.717) is 5.02 Å². The minimum Gasteiger partial charge on any atom is -0.423 e. The topological polar surface area (TPSA) is 64.2 Å². The zero-order valence-corrected chi connectivity index (χ0v) is 8.70. The van der Waals surface area contributed by atoms with Crippen molar-refractivity contribution in [3.63, 3.8) is 0 Å². The first-order valence-corrected chi connectivity index (χ1v) is 5.04. The number of nitriles is 1. The fourth-order valence-electron chi connectivity index (χ4n) is 1.62. The van der Waals surface area contributed by atoms with Gasteiger partial charge in [-0.05, 0) is 24.5 Å². The van der Waals surface area contributed by atoms with Gasteiger partial charge in [0, 0.05) is 10.5 Å². The van der Waals surface area contributed by atoms with Gasteiger partial charge in [-0.2, -0.15) is 5.26 Å². The van der Waals surface area contributed by atoms with Crippen LogP contribution in [0.3, 0.4) is 0 Å². The molecule has 1 aromatic carbocycles. The Labute approximate surface area is 93.1 Å². The number of benzene rings is 1. The molecule has 1 aliphatic carbocycles. The molecule has 15 heavy (non-hydrogen) atoms. The maximum Gasteiger partial charge on any atom is 0.489 e. The van der Waals surface area contributed by atoms with Crippen LogP contribution in [0.5, 0.6) is 0 Å². The number of rotatable bonds is 2. The third-order valence-corrected chi connectivity index (χ3v) is 3.12. The molecule has 0 saturated heterocycles. The van der Waals surface area contributed by atoms with Crippen molar-refractivity contribution in [1.29, 1.82) is 5.26 Å². The van der Waals surface area contributed by atoms with Crippen LogP contribution in [-0.4, -0.2) is 17.2 Å². The monoisotopic (exact) mass is 221 g/mol. The summed E-state index contributed by atoms with van der Waals surface area (Å²) in [7, 11) is -1.57. The van der Waals surface area contributed by atoms with E-state index in [1.165, 1.54) is 0 Å². The van der Waals surface area contributed by atoms with E-state index in [0.717, 1.165) is 18.4 Å². The summed E-state index contributed by atoms with van der Waals surface area (Å²) in [5.74, 6) is 0.